The molecule has 1 aromatic carbocycles. The van der Waals surface area contributed by atoms with Gasteiger partial charge < -0.3 is 18.9 Å². The minimum absolute atomic E-state index is 0.245. The molecule has 1 aromatic rings. The Morgan fingerprint density at radius 3 is 2.19 bits per heavy atom. The standard InChI is InChI=1S/C25H37BN2O4/c1-10-20-15-19(16-21(18(20)2)26-31-24(6,7)25(8,9)32-26)17-27-11-13-28(14-12-27)22(29)30-23(3,4)5/h1,15-16H,11-14,17H2,2-9H3. The van der Waals surface area contributed by atoms with E-state index in [1.54, 1.807) is 4.90 Å². The summed E-state index contributed by atoms with van der Waals surface area (Å²) in [5, 5.41) is 0. The Hall–Kier alpha value is -2.01. The summed E-state index contributed by atoms with van der Waals surface area (Å²) in [4.78, 5) is 16.4. The van der Waals surface area contributed by atoms with E-state index in [0.717, 1.165) is 41.8 Å². The third-order valence-corrected chi connectivity index (χ3v) is 6.60. The third-order valence-electron chi connectivity index (χ3n) is 6.60. The van der Waals surface area contributed by atoms with E-state index in [4.69, 9.17) is 20.5 Å². The number of terminal acetylenes is 1. The molecule has 2 aliphatic rings. The van der Waals surface area contributed by atoms with Gasteiger partial charge in [0.25, 0.3) is 0 Å². The van der Waals surface area contributed by atoms with Crippen molar-refractivity contribution in [1.29, 1.82) is 0 Å². The van der Waals surface area contributed by atoms with Gasteiger partial charge in [-0.05, 0) is 78.0 Å². The van der Waals surface area contributed by atoms with Crippen LogP contribution in [0.25, 0.3) is 0 Å². The van der Waals surface area contributed by atoms with Crippen LogP contribution in [0.4, 0.5) is 4.79 Å². The molecule has 2 aliphatic heterocycles. The maximum absolute atomic E-state index is 12.3. The van der Waals surface area contributed by atoms with Crippen LogP contribution < -0.4 is 5.46 Å². The van der Waals surface area contributed by atoms with Crippen LogP contribution in [0, 0.1) is 19.3 Å². The van der Waals surface area contributed by atoms with E-state index in [2.05, 4.69) is 50.6 Å². The van der Waals surface area contributed by atoms with Gasteiger partial charge in [0.2, 0.25) is 0 Å². The van der Waals surface area contributed by atoms with Crippen molar-refractivity contribution < 1.29 is 18.8 Å². The number of amides is 1. The zero-order chi connectivity index (χ0) is 23.9. The van der Waals surface area contributed by atoms with Crippen LogP contribution >= 0.6 is 0 Å². The molecular weight excluding hydrogens is 403 g/mol. The molecule has 7 heteroatoms. The van der Waals surface area contributed by atoms with Gasteiger partial charge >= 0.3 is 13.2 Å². The molecule has 2 saturated heterocycles. The number of carbonyl (C=O) groups is 1. The zero-order valence-corrected chi connectivity index (χ0v) is 20.9. The number of hydrogen-bond donors (Lipinski definition) is 0. The van der Waals surface area contributed by atoms with Gasteiger partial charge in [0.1, 0.15) is 5.60 Å². The molecule has 2 fully saturated rings. The Labute approximate surface area is 193 Å². The molecule has 0 saturated carbocycles. The molecule has 0 aromatic heterocycles. The molecule has 0 N–H and O–H groups in total. The fraction of sp³-hybridized carbons (Fsp3) is 0.640. The van der Waals surface area contributed by atoms with E-state index in [-0.39, 0.29) is 6.09 Å². The Morgan fingerprint density at radius 1 is 1.12 bits per heavy atom. The largest absolute Gasteiger partial charge is 0.495 e. The van der Waals surface area contributed by atoms with Crippen LogP contribution in [0.2, 0.25) is 0 Å². The van der Waals surface area contributed by atoms with E-state index < -0.39 is 23.9 Å². The van der Waals surface area contributed by atoms with Crippen molar-refractivity contribution in [2.45, 2.75) is 78.7 Å². The summed E-state index contributed by atoms with van der Waals surface area (Å²) in [7, 11) is -0.448. The molecule has 0 spiro atoms. The van der Waals surface area contributed by atoms with Crippen molar-refractivity contribution in [2.24, 2.45) is 0 Å². The van der Waals surface area contributed by atoms with Crippen LogP contribution in [-0.2, 0) is 20.6 Å². The second-order valence-electron chi connectivity index (χ2n) is 10.8. The molecule has 32 heavy (non-hydrogen) atoms. The zero-order valence-electron chi connectivity index (χ0n) is 20.9. The lowest BCUT2D eigenvalue weighted by Crippen LogP contribution is -2.49. The minimum atomic E-state index is -0.481. The van der Waals surface area contributed by atoms with E-state index in [9.17, 15) is 4.79 Å². The van der Waals surface area contributed by atoms with Crippen LogP contribution in [0.1, 0.15) is 65.2 Å². The maximum Gasteiger partial charge on any atom is 0.495 e. The first-order valence-corrected chi connectivity index (χ1v) is 11.4. The van der Waals surface area contributed by atoms with Gasteiger partial charge in [-0.2, -0.15) is 0 Å². The van der Waals surface area contributed by atoms with Gasteiger partial charge in [-0.3, -0.25) is 4.90 Å². The second-order valence-corrected chi connectivity index (χ2v) is 10.8. The van der Waals surface area contributed by atoms with E-state index in [1.165, 1.54) is 0 Å². The molecule has 2 heterocycles. The molecular formula is C25H37BN2O4. The number of rotatable bonds is 3. The summed E-state index contributed by atoms with van der Waals surface area (Å²) in [5.41, 5.74) is 2.69. The molecule has 0 radical (unpaired) electrons. The van der Waals surface area contributed by atoms with Gasteiger partial charge in [0, 0.05) is 38.3 Å². The smallest absolute Gasteiger partial charge is 0.444 e. The van der Waals surface area contributed by atoms with Crippen molar-refractivity contribution >= 4 is 18.7 Å². The quantitative estimate of drug-likeness (QED) is 0.533. The summed E-state index contributed by atoms with van der Waals surface area (Å²) in [6, 6.07) is 4.23. The SMILES string of the molecule is C#Cc1cc(CN2CCN(C(=O)OC(C)(C)C)CC2)cc(B2OC(C)(C)C(C)(C)O2)c1C. The van der Waals surface area contributed by atoms with Gasteiger partial charge in [-0.1, -0.05) is 12.0 Å². The first kappa shape index (κ1) is 24.6. The average molecular weight is 440 g/mol. The molecule has 0 unspecified atom stereocenters. The third kappa shape index (κ3) is 5.31. The Bertz CT molecular complexity index is 890. The van der Waals surface area contributed by atoms with Crippen LogP contribution in [-0.4, -0.2) is 66.0 Å². The summed E-state index contributed by atoms with van der Waals surface area (Å²) in [6.07, 6.45) is 5.58. The Morgan fingerprint density at radius 2 is 1.69 bits per heavy atom. The highest BCUT2D eigenvalue weighted by molar-refractivity contribution is 6.62. The lowest BCUT2D eigenvalue weighted by atomic mass is 9.74. The lowest BCUT2D eigenvalue weighted by Gasteiger charge is -2.35. The molecule has 3 rings (SSSR count). The van der Waals surface area contributed by atoms with Crippen molar-refractivity contribution in [3.05, 3.63) is 28.8 Å². The summed E-state index contributed by atoms with van der Waals surface area (Å²) in [6.45, 7) is 19.5. The number of benzene rings is 1. The fourth-order valence-corrected chi connectivity index (χ4v) is 3.93. The topological polar surface area (TPSA) is 51.2 Å². The number of nitrogens with zero attached hydrogens (tertiary/aromatic N) is 2. The molecule has 1 amide bonds. The number of ether oxygens (including phenoxy) is 1. The summed E-state index contributed by atoms with van der Waals surface area (Å²) < 4.78 is 18.1. The number of hydrogen-bond acceptors (Lipinski definition) is 5. The van der Waals surface area contributed by atoms with Gasteiger partial charge in [-0.25, -0.2) is 4.79 Å². The predicted octanol–water partition coefficient (Wildman–Crippen LogP) is 3.33. The normalized spacial score (nSPS) is 20.8. The minimum Gasteiger partial charge on any atom is -0.444 e. The summed E-state index contributed by atoms with van der Waals surface area (Å²) in [5.74, 6) is 2.82. The van der Waals surface area contributed by atoms with Crippen molar-refractivity contribution in [1.82, 2.24) is 9.80 Å². The molecule has 174 valence electrons. The van der Waals surface area contributed by atoms with E-state index in [0.29, 0.717) is 13.1 Å². The first-order chi connectivity index (χ1) is 14.7. The lowest BCUT2D eigenvalue weighted by molar-refractivity contribution is 0.00578. The average Bonchev–Trinajstić information content (AvgIpc) is 2.89. The number of carbonyl (C=O) groups excluding carboxylic acids is 1. The van der Waals surface area contributed by atoms with Crippen molar-refractivity contribution in [3.8, 4) is 12.3 Å². The van der Waals surface area contributed by atoms with Crippen LogP contribution in [0.3, 0.4) is 0 Å². The van der Waals surface area contributed by atoms with E-state index >= 15 is 0 Å². The molecule has 0 aliphatic carbocycles. The fourth-order valence-electron chi connectivity index (χ4n) is 3.93. The monoisotopic (exact) mass is 440 g/mol. The van der Waals surface area contributed by atoms with Gasteiger partial charge in [-0.15, -0.1) is 6.42 Å². The summed E-state index contributed by atoms with van der Waals surface area (Å²) >= 11 is 0. The predicted molar refractivity (Wildman–Crippen MR) is 128 cm³/mol. The molecule has 0 atom stereocenters. The molecule has 0 bridgehead atoms. The van der Waals surface area contributed by atoms with Crippen LogP contribution in [0.15, 0.2) is 12.1 Å². The highest BCUT2D eigenvalue weighted by Crippen LogP contribution is 2.37. The Balaban J connectivity index is 1.72. The van der Waals surface area contributed by atoms with Crippen molar-refractivity contribution in [2.75, 3.05) is 26.2 Å². The first-order valence-electron chi connectivity index (χ1n) is 11.4. The van der Waals surface area contributed by atoms with Crippen LogP contribution in [0.5, 0.6) is 0 Å². The maximum atomic E-state index is 12.3. The van der Waals surface area contributed by atoms with Gasteiger partial charge in [0.05, 0.1) is 11.2 Å². The second kappa shape index (κ2) is 8.74. The highest BCUT2D eigenvalue weighted by atomic mass is 16.7. The highest BCUT2D eigenvalue weighted by Gasteiger charge is 2.52. The van der Waals surface area contributed by atoms with Gasteiger partial charge in [0.15, 0.2) is 0 Å². The Kier molecular flexibility index (Phi) is 6.73. The molecule has 6 nitrogen and oxygen atoms in total. The van der Waals surface area contributed by atoms with Crippen molar-refractivity contribution in [3.63, 3.8) is 0 Å². The van der Waals surface area contributed by atoms with E-state index in [1.807, 2.05) is 27.7 Å². The number of piperazine rings is 1.